The number of nitrogens with zero attached hydrogens (tertiary/aromatic N) is 1. The predicted molar refractivity (Wildman–Crippen MR) is 26.9 cm³/mol. The second-order valence-corrected chi connectivity index (χ2v) is 1.23. The molecule has 8 heavy (non-hydrogen) atoms. The van der Waals surface area contributed by atoms with E-state index >= 15 is 0 Å². The Kier molecular flexibility index (Phi) is 5.19. The molecule has 0 rings (SSSR count). The highest BCUT2D eigenvalue weighted by Gasteiger charge is 1.82. The van der Waals surface area contributed by atoms with Gasteiger partial charge in [0.1, 0.15) is 0 Å². The summed E-state index contributed by atoms with van der Waals surface area (Å²) in [6, 6.07) is 1.93. The fraction of sp³-hybridized carbons (Fsp3) is 0.600. The van der Waals surface area contributed by atoms with Gasteiger partial charge in [-0.05, 0) is 6.42 Å². The van der Waals surface area contributed by atoms with Crippen LogP contribution in [0.2, 0.25) is 0 Å². The average molecular weight is 113 g/mol. The lowest BCUT2D eigenvalue weighted by Crippen LogP contribution is -1.89. The minimum absolute atomic E-state index is 0.358. The van der Waals surface area contributed by atoms with Gasteiger partial charge in [-0.1, -0.05) is 0 Å². The third-order valence-corrected chi connectivity index (χ3v) is 0.619. The Morgan fingerprint density at radius 1 is 1.75 bits per heavy atom. The molecule has 44 valence electrons. The van der Waals surface area contributed by atoms with Crippen molar-refractivity contribution in [2.45, 2.75) is 12.8 Å². The number of rotatable bonds is 4. The van der Waals surface area contributed by atoms with E-state index in [1.807, 2.05) is 6.07 Å². The van der Waals surface area contributed by atoms with E-state index in [9.17, 15) is 4.79 Å². The third kappa shape index (κ3) is 4.96. The SMILES string of the molecule is N#CCCCOC=O. The monoisotopic (exact) mass is 113 g/mol. The molecule has 0 amide bonds. The zero-order valence-electron chi connectivity index (χ0n) is 4.46. The maximum absolute atomic E-state index is 9.46. The van der Waals surface area contributed by atoms with Crippen LogP contribution in [-0.4, -0.2) is 13.1 Å². The standard InChI is InChI=1S/C5H7NO2/c6-3-1-2-4-8-5-7/h5H,1-2,4H2. The van der Waals surface area contributed by atoms with Gasteiger partial charge in [0, 0.05) is 6.42 Å². The number of carbonyl (C=O) groups excluding carboxylic acids is 1. The van der Waals surface area contributed by atoms with Gasteiger partial charge in [-0.15, -0.1) is 0 Å². The van der Waals surface area contributed by atoms with Crippen LogP contribution in [0.4, 0.5) is 0 Å². The van der Waals surface area contributed by atoms with E-state index < -0.39 is 0 Å². The van der Waals surface area contributed by atoms with Crippen LogP contribution in [0, 0.1) is 11.3 Å². The molecule has 0 aromatic carbocycles. The molecule has 0 aromatic rings. The molecule has 0 aromatic heterocycles. The molecular formula is C5H7NO2. The Balaban J connectivity index is 2.74. The van der Waals surface area contributed by atoms with Crippen molar-refractivity contribution in [2.75, 3.05) is 6.61 Å². The second kappa shape index (κ2) is 5.96. The van der Waals surface area contributed by atoms with Gasteiger partial charge in [-0.3, -0.25) is 4.79 Å². The van der Waals surface area contributed by atoms with E-state index in [-0.39, 0.29) is 0 Å². The van der Waals surface area contributed by atoms with Crippen molar-refractivity contribution >= 4 is 6.47 Å². The third-order valence-electron chi connectivity index (χ3n) is 0.619. The van der Waals surface area contributed by atoms with Crippen molar-refractivity contribution in [3.8, 4) is 6.07 Å². The molecule has 0 aliphatic heterocycles. The molecule has 0 fully saturated rings. The minimum Gasteiger partial charge on any atom is -0.468 e. The summed E-state index contributed by atoms with van der Waals surface area (Å²) in [7, 11) is 0. The highest BCUT2D eigenvalue weighted by Crippen LogP contribution is 1.84. The van der Waals surface area contributed by atoms with E-state index in [1.54, 1.807) is 0 Å². The normalized spacial score (nSPS) is 7.38. The first-order valence-electron chi connectivity index (χ1n) is 2.34. The van der Waals surface area contributed by atoms with E-state index in [0.717, 1.165) is 0 Å². The molecule has 3 heteroatoms. The van der Waals surface area contributed by atoms with Crippen LogP contribution in [0.15, 0.2) is 0 Å². The van der Waals surface area contributed by atoms with Crippen molar-refractivity contribution in [3.63, 3.8) is 0 Å². The Morgan fingerprint density at radius 2 is 2.50 bits per heavy atom. The van der Waals surface area contributed by atoms with Gasteiger partial charge in [0.15, 0.2) is 0 Å². The maximum atomic E-state index is 9.46. The lowest BCUT2D eigenvalue weighted by molar-refractivity contribution is -0.128. The van der Waals surface area contributed by atoms with Crippen molar-refractivity contribution in [1.82, 2.24) is 0 Å². The molecule has 0 spiro atoms. The molecule has 0 heterocycles. The van der Waals surface area contributed by atoms with Crippen molar-refractivity contribution in [3.05, 3.63) is 0 Å². The van der Waals surface area contributed by atoms with Gasteiger partial charge in [0.2, 0.25) is 0 Å². The number of carbonyl (C=O) groups is 1. The molecule has 0 atom stereocenters. The molecule has 0 aliphatic rings. The summed E-state index contributed by atoms with van der Waals surface area (Å²) in [4.78, 5) is 9.46. The Morgan fingerprint density at radius 3 is 3.00 bits per heavy atom. The summed E-state index contributed by atoms with van der Waals surface area (Å²) in [5, 5.41) is 7.97. The lowest BCUT2D eigenvalue weighted by atomic mass is 10.4. The zero-order valence-corrected chi connectivity index (χ0v) is 4.46. The molecule has 3 nitrogen and oxygen atoms in total. The number of hydrogen-bond donors (Lipinski definition) is 0. The summed E-state index contributed by atoms with van der Waals surface area (Å²) >= 11 is 0. The first kappa shape index (κ1) is 6.96. The number of ether oxygens (including phenoxy) is 1. The van der Waals surface area contributed by atoms with E-state index in [2.05, 4.69) is 4.74 Å². The minimum atomic E-state index is 0.358. The highest BCUT2D eigenvalue weighted by molar-refractivity contribution is 5.36. The molecule has 0 saturated heterocycles. The van der Waals surface area contributed by atoms with Gasteiger partial charge >= 0.3 is 0 Å². The van der Waals surface area contributed by atoms with Crippen LogP contribution in [0.25, 0.3) is 0 Å². The van der Waals surface area contributed by atoms with Crippen LogP contribution < -0.4 is 0 Å². The maximum Gasteiger partial charge on any atom is 0.293 e. The summed E-state index contributed by atoms with van der Waals surface area (Å²) in [5.41, 5.74) is 0. The first-order chi connectivity index (χ1) is 3.91. The smallest absolute Gasteiger partial charge is 0.293 e. The van der Waals surface area contributed by atoms with Crippen molar-refractivity contribution < 1.29 is 9.53 Å². The van der Waals surface area contributed by atoms with Gasteiger partial charge in [0.05, 0.1) is 12.7 Å². The molecule has 0 bridgehead atoms. The summed E-state index contributed by atoms with van der Waals surface area (Å²) in [6.45, 7) is 0.744. The number of nitriles is 1. The van der Waals surface area contributed by atoms with Gasteiger partial charge in [-0.25, -0.2) is 0 Å². The second-order valence-electron chi connectivity index (χ2n) is 1.23. The topological polar surface area (TPSA) is 50.1 Å². The highest BCUT2D eigenvalue weighted by atomic mass is 16.5. The predicted octanol–water partition coefficient (Wildman–Crippen LogP) is 0.463. The van der Waals surface area contributed by atoms with E-state index in [1.165, 1.54) is 0 Å². The van der Waals surface area contributed by atoms with E-state index in [4.69, 9.17) is 5.26 Å². The lowest BCUT2D eigenvalue weighted by Gasteiger charge is -1.89. The van der Waals surface area contributed by atoms with Crippen LogP contribution in [0.3, 0.4) is 0 Å². The van der Waals surface area contributed by atoms with Gasteiger partial charge in [-0.2, -0.15) is 5.26 Å². The number of hydrogen-bond acceptors (Lipinski definition) is 3. The quantitative estimate of drug-likeness (QED) is 0.393. The van der Waals surface area contributed by atoms with E-state index in [0.29, 0.717) is 25.9 Å². The fourth-order valence-electron chi connectivity index (χ4n) is 0.283. The molecule has 0 N–H and O–H groups in total. The van der Waals surface area contributed by atoms with Crippen LogP contribution in [0.5, 0.6) is 0 Å². The summed E-state index contributed by atoms with van der Waals surface area (Å²) in [6.07, 6.45) is 1.09. The van der Waals surface area contributed by atoms with Gasteiger partial charge < -0.3 is 4.74 Å². The van der Waals surface area contributed by atoms with Crippen LogP contribution in [-0.2, 0) is 9.53 Å². The Hall–Kier alpha value is -1.04. The van der Waals surface area contributed by atoms with Crippen LogP contribution in [0.1, 0.15) is 12.8 Å². The van der Waals surface area contributed by atoms with Gasteiger partial charge in [0.25, 0.3) is 6.47 Å². The Bertz CT molecular complexity index is 95.1. The molecule has 0 aliphatic carbocycles. The average Bonchev–Trinajstić information content (AvgIpc) is 1.81. The zero-order chi connectivity index (χ0) is 6.24. The van der Waals surface area contributed by atoms with Crippen molar-refractivity contribution in [2.24, 2.45) is 0 Å². The summed E-state index contributed by atoms with van der Waals surface area (Å²) < 4.78 is 4.30. The molecule has 0 unspecified atom stereocenters. The van der Waals surface area contributed by atoms with Crippen molar-refractivity contribution in [1.29, 1.82) is 5.26 Å². The first-order valence-corrected chi connectivity index (χ1v) is 2.34. The molecule has 0 saturated carbocycles. The van der Waals surface area contributed by atoms with Crippen LogP contribution >= 0.6 is 0 Å². The molecular weight excluding hydrogens is 106 g/mol. The number of unbranched alkanes of at least 4 members (excludes halogenated alkanes) is 1. The fourth-order valence-corrected chi connectivity index (χ4v) is 0.283. The molecule has 0 radical (unpaired) electrons. The summed E-state index contributed by atoms with van der Waals surface area (Å²) in [5.74, 6) is 0. The largest absolute Gasteiger partial charge is 0.468 e. The Labute approximate surface area is 47.9 Å².